The Bertz CT molecular complexity index is 3470. The van der Waals surface area contributed by atoms with Crippen molar-refractivity contribution in [1.29, 1.82) is 0 Å². The molecule has 0 fully saturated rings. The topological polar surface area (TPSA) is 393 Å². The first kappa shape index (κ1) is 153. The summed E-state index contributed by atoms with van der Waals surface area (Å²) in [5, 5.41) is 38.3. The van der Waals surface area contributed by atoms with E-state index < -0.39 is 17.5 Å². The molecule has 0 rings (SSSR count). The van der Waals surface area contributed by atoms with Gasteiger partial charge in [-0.2, -0.15) is 13.2 Å². The summed E-state index contributed by atoms with van der Waals surface area (Å²) in [5.74, 6) is 0.128. The number of halogens is 3. The predicted molar refractivity (Wildman–Crippen MR) is 600 cm³/mol. The molecule has 142 heavy (non-hydrogen) atoms. The lowest BCUT2D eigenvalue weighted by atomic mass is 9.84. The van der Waals surface area contributed by atoms with E-state index in [1.165, 1.54) is 6.92 Å². The van der Waals surface area contributed by atoms with Crippen LogP contribution in [0.3, 0.4) is 0 Å². The minimum Gasteiger partial charge on any atom is -0.356 e. The summed E-state index contributed by atoms with van der Waals surface area (Å²) in [6, 6.07) is -0.327. The van der Waals surface area contributed by atoms with Gasteiger partial charge in [-0.15, -0.1) is 0 Å². The zero-order chi connectivity index (χ0) is 115. The quantitative estimate of drug-likeness (QED) is 0.0252. The second-order valence-corrected chi connectivity index (χ2v) is 55.9. The van der Waals surface area contributed by atoms with Crippen molar-refractivity contribution in [1.82, 2.24) is 63.8 Å². The Morgan fingerprint density at radius 2 is 0.423 bits per heavy atom. The number of alkyl halides is 3. The number of unbranched alkanes of at least 4 members (excludes halogenated alkanes) is 5. The minimum absolute atomic E-state index is 0.000124. The maximum absolute atomic E-state index is 12.5. The van der Waals surface area contributed by atoms with Gasteiger partial charge in [0.15, 0.2) is 46.3 Å². The van der Waals surface area contributed by atoms with Crippen LogP contribution in [0.25, 0.3) is 0 Å². The van der Waals surface area contributed by atoms with E-state index in [1.807, 2.05) is 206 Å². The molecule has 0 aliphatic rings. The van der Waals surface area contributed by atoms with Gasteiger partial charge in [0.1, 0.15) is 0 Å². The molecule has 28 heteroatoms. The molecule has 0 saturated heterocycles. The Hall–Kier alpha value is -4.43. The van der Waals surface area contributed by atoms with E-state index in [4.69, 9.17) is 17.2 Å². The number of rotatable bonds is 46. The van der Waals surface area contributed by atoms with Gasteiger partial charge in [0.05, 0.1) is 48.3 Å². The highest BCUT2D eigenvalue weighted by molar-refractivity contribution is 5.92. The molecular formula is C114H236F3N15O10. The van der Waals surface area contributed by atoms with Gasteiger partial charge in [-0.3, -0.25) is 47.9 Å². The van der Waals surface area contributed by atoms with Crippen molar-refractivity contribution in [3.63, 3.8) is 0 Å². The molecule has 0 aliphatic carbocycles. The molecule has 0 aromatic carbocycles. The summed E-state index contributed by atoms with van der Waals surface area (Å²) in [6.45, 7) is 109. The van der Waals surface area contributed by atoms with Gasteiger partial charge in [0.2, 0.25) is 5.91 Å². The molecule has 848 valence electrons. The molecule has 25 nitrogen and oxygen atoms in total. The van der Waals surface area contributed by atoms with Crippen LogP contribution in [0.1, 0.15) is 476 Å². The maximum Gasteiger partial charge on any atom is 0.471 e. The monoisotopic (exact) mass is 2030 g/mol. The van der Waals surface area contributed by atoms with Crippen molar-refractivity contribution < 1.29 is 61.1 Å². The van der Waals surface area contributed by atoms with Crippen molar-refractivity contribution in [2.75, 3.05) is 52.9 Å². The molecule has 0 bridgehead atoms. The average Bonchev–Trinajstić information content (AvgIpc) is 0.917. The van der Waals surface area contributed by atoms with E-state index in [9.17, 15) is 61.1 Å². The number of amides is 2. The molecule has 18 N–H and O–H groups in total. The molecule has 0 heterocycles. The zero-order valence-electron chi connectivity index (χ0n) is 102. The highest BCUT2D eigenvalue weighted by Gasteiger charge is 2.41. The number of carbonyl (C=O) groups is 10. The Kier molecular flexibility index (Phi) is 73.6. The van der Waals surface area contributed by atoms with E-state index in [0.717, 1.165) is 103 Å². The van der Waals surface area contributed by atoms with Gasteiger partial charge >= 0.3 is 12.1 Å². The van der Waals surface area contributed by atoms with Crippen LogP contribution >= 0.6 is 0 Å². The molecule has 0 spiro atoms. The Labute approximate surface area is 872 Å². The van der Waals surface area contributed by atoms with E-state index in [2.05, 4.69) is 218 Å². The van der Waals surface area contributed by atoms with Gasteiger partial charge < -0.3 is 81.0 Å². The fourth-order valence-corrected chi connectivity index (χ4v) is 14.6. The molecule has 2 amide bonds. The van der Waals surface area contributed by atoms with Gasteiger partial charge in [0, 0.05) is 114 Å². The average molecular weight is 2030 g/mol. The number of carbonyl (C=O) groups excluding carboxylic acids is 10. The highest BCUT2D eigenvalue weighted by atomic mass is 19.4. The fourth-order valence-electron chi connectivity index (χ4n) is 14.6. The second-order valence-electron chi connectivity index (χ2n) is 55.9. The third kappa shape index (κ3) is 91.8. The summed E-state index contributed by atoms with van der Waals surface area (Å²) in [4.78, 5) is 120. The summed E-state index contributed by atoms with van der Waals surface area (Å²) in [5.41, 5.74) is 13.5. The summed E-state index contributed by atoms with van der Waals surface area (Å²) < 4.78 is 36.1. The van der Waals surface area contributed by atoms with E-state index in [1.54, 1.807) is 0 Å². The molecule has 8 atom stereocenters. The van der Waals surface area contributed by atoms with E-state index in [0.29, 0.717) is 75.3 Å². The largest absolute Gasteiger partial charge is 0.471 e. The van der Waals surface area contributed by atoms with E-state index in [-0.39, 0.29) is 172 Å². The molecule has 0 aromatic heterocycles. The van der Waals surface area contributed by atoms with Crippen LogP contribution in [0.15, 0.2) is 0 Å². The number of nitrogens with one attached hydrogen (secondary N) is 12. The van der Waals surface area contributed by atoms with Crippen LogP contribution in [-0.2, 0) is 47.9 Å². The predicted octanol–water partition coefficient (Wildman–Crippen LogP) is 20.8. The summed E-state index contributed by atoms with van der Waals surface area (Å²) in [7, 11) is 1.96. The van der Waals surface area contributed by atoms with Crippen LogP contribution < -0.4 is 81.0 Å². The van der Waals surface area contributed by atoms with Crippen LogP contribution in [0.5, 0.6) is 0 Å². The van der Waals surface area contributed by atoms with Crippen LogP contribution in [0.2, 0.25) is 0 Å². The molecular weight excluding hydrogens is 1800 g/mol. The third-order valence-corrected chi connectivity index (χ3v) is 20.9. The standard InChI is InChI=1S/C17H36N2O.C16H29F3N2O2.C16H32N2O2.C15H32N2O.C14H30N2O.C13H28N2O.C12H26N2O.C11H23NO/c1-13(2)18-12-10-9-11-14(19-17(6,7)8)15(20)16(3,4)5;1-14(2,3)12(22)11(21-15(4,5)6)9-7-8-10-20-13(23)16(17,18)19;1-12(19)17-11-9-8-10-13(18-16(5,6)7)14(20)15(2,3)4;1-14(2,3)13(18)12(17-15(4,5)6)10-8-9-11-16-7;1-13(2,3)12(17)11(9-7-8-10-15)16-14(4,5)6;1-12(2,3)11(16)10(8-7-9-14)15-13(4,5)6;1-11(2,3)10(15)9(7-8-13)14-12(4,5)6;1-8(12-11(5,6)7)9(13)10(2,3)4/h13-14,18-19H,9-12H2,1-8H3;11,21H,7-10H2,1-6H3,(H,20,23);13,18H,8-11H2,1-7H3,(H,17,19);12,16-17H,8-11H2,1-7H3;11,16H,7-10,15H2,1-6H3;10,15H,7-9,14H2,1-6H3;9,14H,7-8,13H2,1-6H3;8,12H,1-7H3/t14-;11-;13-;12-;11-;10-;9-;8-/m00000000/s1. The SMILES string of the molecule is CC(=O)NCCCC[C@H](NC(C)(C)C)C(=O)C(C)(C)C.CC(C)(C)N[C@@H](CCCCN)C(=O)C(C)(C)C.CC(C)(C)N[C@@H](CCCCNC(=O)C(F)(F)F)C(=O)C(C)(C)C.CC(C)(C)N[C@@H](CCCN)C(=O)C(C)(C)C.CC(C)(C)N[C@@H](CCN)C(=O)C(C)(C)C.CC(C)NCCCC[C@H](NC(C)(C)C)C(=O)C(C)(C)C.CNCCCC[C@H](NC(C)(C)C)C(=O)C(C)(C)C.C[C@H](NC(C)(C)C)C(=O)C(C)(C)C. The first-order valence-corrected chi connectivity index (χ1v) is 53.5. The Balaban J connectivity index is -0.000000242. The number of hydrogen-bond acceptors (Lipinski definition) is 23. The fraction of sp³-hybridized carbons (Fsp3) is 0.912. The van der Waals surface area contributed by atoms with Crippen molar-refractivity contribution in [2.24, 2.45) is 60.5 Å². The van der Waals surface area contributed by atoms with Crippen molar-refractivity contribution >= 4 is 58.1 Å². The first-order valence-electron chi connectivity index (χ1n) is 53.5. The third-order valence-electron chi connectivity index (χ3n) is 20.9. The number of nitrogens with two attached hydrogens (primary N) is 3. The molecule has 0 aromatic rings. The molecule has 0 aliphatic heterocycles. The van der Waals surface area contributed by atoms with Crippen LogP contribution in [0, 0.1) is 43.3 Å². The number of Topliss-reactive ketones (excluding diaryl/α,β-unsaturated/α-hetero) is 8. The van der Waals surface area contributed by atoms with Crippen molar-refractivity contribution in [3.05, 3.63) is 0 Å². The van der Waals surface area contributed by atoms with Gasteiger partial charge in [0.25, 0.3) is 0 Å². The van der Waals surface area contributed by atoms with Gasteiger partial charge in [-0.1, -0.05) is 199 Å². The highest BCUT2D eigenvalue weighted by Crippen LogP contribution is 2.29. The lowest BCUT2D eigenvalue weighted by Crippen LogP contribution is -2.51. The normalized spacial score (nSPS) is 14.7. The first-order chi connectivity index (χ1) is 62.9. The smallest absolute Gasteiger partial charge is 0.356 e. The minimum atomic E-state index is -4.85. The Morgan fingerprint density at radius 3 is 0.599 bits per heavy atom. The maximum atomic E-state index is 12.5. The number of hydrogen-bond donors (Lipinski definition) is 15. The van der Waals surface area contributed by atoms with Gasteiger partial charge in [-0.05, 0) is 309 Å². The number of ketones is 8. The summed E-state index contributed by atoms with van der Waals surface area (Å²) >= 11 is 0. The van der Waals surface area contributed by atoms with Crippen molar-refractivity contribution in [3.8, 4) is 0 Å². The Morgan fingerprint density at radius 1 is 0.232 bits per heavy atom. The molecule has 0 saturated carbocycles. The molecule has 0 unspecified atom stereocenters. The summed E-state index contributed by atoms with van der Waals surface area (Å²) in [6.07, 6.45) is 10.8. The zero-order valence-corrected chi connectivity index (χ0v) is 102. The lowest BCUT2D eigenvalue weighted by molar-refractivity contribution is -0.173. The van der Waals surface area contributed by atoms with Gasteiger partial charge in [-0.25, -0.2) is 0 Å². The molecule has 0 radical (unpaired) electrons. The van der Waals surface area contributed by atoms with Crippen molar-refractivity contribution in [2.45, 2.75) is 580 Å². The second kappa shape index (κ2) is 68.4. The van der Waals surface area contributed by atoms with E-state index >= 15 is 0 Å². The lowest BCUT2D eigenvalue weighted by Gasteiger charge is -2.32. The van der Waals surface area contributed by atoms with Crippen LogP contribution in [-0.4, -0.2) is 216 Å². The van der Waals surface area contributed by atoms with Crippen LogP contribution in [0.4, 0.5) is 13.2 Å².